The van der Waals surface area contributed by atoms with E-state index in [1.165, 1.54) is 12.1 Å². The highest BCUT2D eigenvalue weighted by Crippen LogP contribution is 2.25. The van der Waals surface area contributed by atoms with Crippen LogP contribution >= 0.6 is 0 Å². The van der Waals surface area contributed by atoms with Crippen LogP contribution < -0.4 is 0 Å². The second kappa shape index (κ2) is 7.00. The number of piperazine rings is 1. The van der Waals surface area contributed by atoms with Gasteiger partial charge in [-0.3, -0.25) is 14.6 Å². The summed E-state index contributed by atoms with van der Waals surface area (Å²) in [6.45, 7) is 7.05. The summed E-state index contributed by atoms with van der Waals surface area (Å²) < 4.78 is 13.0. The van der Waals surface area contributed by atoms with Crippen molar-refractivity contribution in [3.8, 4) is 0 Å². The van der Waals surface area contributed by atoms with Gasteiger partial charge in [0.25, 0.3) is 0 Å². The van der Waals surface area contributed by atoms with E-state index >= 15 is 0 Å². The molecule has 1 N–H and O–H groups in total. The first-order valence-corrected chi connectivity index (χ1v) is 7.49. The molecule has 0 aliphatic carbocycles. The maximum Gasteiger partial charge on any atom is 0.320 e. The Morgan fingerprint density at radius 3 is 2.19 bits per heavy atom. The van der Waals surface area contributed by atoms with Crippen molar-refractivity contribution in [1.29, 1.82) is 0 Å². The van der Waals surface area contributed by atoms with Crippen LogP contribution in [0.5, 0.6) is 0 Å². The van der Waals surface area contributed by atoms with Gasteiger partial charge >= 0.3 is 5.97 Å². The number of aliphatic carboxylic acids is 1. The summed E-state index contributed by atoms with van der Waals surface area (Å²) in [5, 5.41) is 9.07. The van der Waals surface area contributed by atoms with Gasteiger partial charge in [-0.2, -0.15) is 0 Å². The van der Waals surface area contributed by atoms with E-state index in [0.29, 0.717) is 0 Å². The highest BCUT2D eigenvalue weighted by Gasteiger charge is 2.28. The molecule has 0 spiro atoms. The summed E-state index contributed by atoms with van der Waals surface area (Å²) in [5.74, 6) is -0.984. The molecule has 1 fully saturated rings. The summed E-state index contributed by atoms with van der Waals surface area (Å²) in [7, 11) is 0. The zero-order valence-corrected chi connectivity index (χ0v) is 12.6. The van der Waals surface area contributed by atoms with Gasteiger partial charge < -0.3 is 5.11 Å². The monoisotopic (exact) mass is 294 g/mol. The van der Waals surface area contributed by atoms with E-state index in [2.05, 4.69) is 11.8 Å². The zero-order chi connectivity index (χ0) is 15.4. The summed E-state index contributed by atoms with van der Waals surface area (Å²) >= 11 is 0. The predicted octanol–water partition coefficient (Wildman–Crippen LogP) is 2.37. The Kier molecular flexibility index (Phi) is 5.31. The van der Waals surface area contributed by atoms with Crippen molar-refractivity contribution in [2.24, 2.45) is 0 Å². The fraction of sp³-hybridized carbons (Fsp3) is 0.562. The zero-order valence-electron chi connectivity index (χ0n) is 12.6. The standard InChI is InChI=1S/C16H23FN2O2/c1-3-15(13-4-6-14(17)7-5-13)19-10-8-18(9-11-19)12(2)16(20)21/h4-7,12,15H,3,8-11H2,1-2H3,(H,20,21). The van der Waals surface area contributed by atoms with Crippen molar-refractivity contribution in [3.63, 3.8) is 0 Å². The van der Waals surface area contributed by atoms with E-state index in [-0.39, 0.29) is 11.9 Å². The van der Waals surface area contributed by atoms with E-state index in [4.69, 9.17) is 5.11 Å². The first-order chi connectivity index (χ1) is 10.0. The van der Waals surface area contributed by atoms with Crippen LogP contribution in [-0.4, -0.2) is 53.1 Å². The number of hydrogen-bond acceptors (Lipinski definition) is 3. The third-order valence-electron chi connectivity index (χ3n) is 4.34. The first-order valence-electron chi connectivity index (χ1n) is 7.49. The molecule has 2 unspecified atom stereocenters. The van der Waals surface area contributed by atoms with Crippen molar-refractivity contribution in [3.05, 3.63) is 35.6 Å². The molecule has 0 bridgehead atoms. The van der Waals surface area contributed by atoms with Crippen LogP contribution in [-0.2, 0) is 4.79 Å². The number of hydrogen-bond donors (Lipinski definition) is 1. The van der Waals surface area contributed by atoms with Crippen LogP contribution in [0.15, 0.2) is 24.3 Å². The molecule has 1 aliphatic rings. The lowest BCUT2D eigenvalue weighted by atomic mass is 10.0. The van der Waals surface area contributed by atoms with Gasteiger partial charge in [0.15, 0.2) is 0 Å². The Morgan fingerprint density at radius 2 is 1.71 bits per heavy atom. The normalized spacial score (nSPS) is 20.1. The Bertz CT molecular complexity index is 470. The van der Waals surface area contributed by atoms with Crippen LogP contribution in [0.25, 0.3) is 0 Å². The maximum atomic E-state index is 13.0. The van der Waals surface area contributed by atoms with Crippen LogP contribution in [0.4, 0.5) is 4.39 Å². The lowest BCUT2D eigenvalue weighted by Crippen LogP contribution is -2.52. The number of halogens is 1. The molecule has 1 heterocycles. The van der Waals surface area contributed by atoms with Crippen LogP contribution in [0.3, 0.4) is 0 Å². The van der Waals surface area contributed by atoms with Crippen molar-refractivity contribution in [2.45, 2.75) is 32.4 Å². The number of carbonyl (C=O) groups is 1. The molecule has 0 aromatic heterocycles. The molecule has 4 nitrogen and oxygen atoms in total. The van der Waals surface area contributed by atoms with Crippen LogP contribution in [0.1, 0.15) is 31.9 Å². The van der Waals surface area contributed by atoms with E-state index in [9.17, 15) is 9.18 Å². The fourth-order valence-electron chi connectivity index (χ4n) is 2.98. The highest BCUT2D eigenvalue weighted by molar-refractivity contribution is 5.72. The van der Waals surface area contributed by atoms with Crippen LogP contribution in [0, 0.1) is 5.82 Å². The molecule has 1 saturated heterocycles. The highest BCUT2D eigenvalue weighted by atomic mass is 19.1. The third kappa shape index (κ3) is 3.80. The predicted molar refractivity (Wildman–Crippen MR) is 79.7 cm³/mol. The number of rotatable bonds is 5. The van der Waals surface area contributed by atoms with Crippen molar-refractivity contribution in [1.82, 2.24) is 9.80 Å². The Morgan fingerprint density at radius 1 is 1.19 bits per heavy atom. The first kappa shape index (κ1) is 15.9. The number of benzene rings is 1. The molecule has 0 amide bonds. The smallest absolute Gasteiger partial charge is 0.320 e. The molecule has 1 aromatic rings. The average Bonchev–Trinajstić information content (AvgIpc) is 2.50. The van der Waals surface area contributed by atoms with Gasteiger partial charge in [-0.05, 0) is 31.0 Å². The molecule has 21 heavy (non-hydrogen) atoms. The topological polar surface area (TPSA) is 43.8 Å². The minimum Gasteiger partial charge on any atom is -0.480 e. The fourth-order valence-corrected chi connectivity index (χ4v) is 2.98. The van der Waals surface area contributed by atoms with Crippen LogP contribution in [0.2, 0.25) is 0 Å². The molecule has 5 heteroatoms. The molecular weight excluding hydrogens is 271 g/mol. The summed E-state index contributed by atoms with van der Waals surface area (Å²) in [5.41, 5.74) is 1.12. The molecule has 1 aliphatic heterocycles. The van der Waals surface area contributed by atoms with Gasteiger partial charge in [0, 0.05) is 32.2 Å². The maximum absolute atomic E-state index is 13.0. The van der Waals surface area contributed by atoms with Gasteiger partial charge in [-0.1, -0.05) is 19.1 Å². The van der Waals surface area contributed by atoms with Gasteiger partial charge in [0.05, 0.1) is 0 Å². The van der Waals surface area contributed by atoms with E-state index in [1.54, 1.807) is 6.92 Å². The van der Waals surface area contributed by atoms with E-state index in [0.717, 1.165) is 38.2 Å². The molecule has 0 saturated carbocycles. The molecule has 2 atom stereocenters. The minimum absolute atomic E-state index is 0.214. The number of nitrogens with zero attached hydrogens (tertiary/aromatic N) is 2. The Labute approximate surface area is 125 Å². The lowest BCUT2D eigenvalue weighted by molar-refractivity contribution is -0.143. The van der Waals surface area contributed by atoms with Crippen molar-refractivity contribution in [2.75, 3.05) is 26.2 Å². The molecule has 116 valence electrons. The quantitative estimate of drug-likeness (QED) is 0.905. The van der Waals surface area contributed by atoms with Gasteiger partial charge in [-0.25, -0.2) is 4.39 Å². The minimum atomic E-state index is -0.769. The Hall–Kier alpha value is -1.46. The molecule has 0 radical (unpaired) electrons. The van der Waals surface area contributed by atoms with Gasteiger partial charge in [0.2, 0.25) is 0 Å². The molecule has 2 rings (SSSR count). The molecular formula is C16H23FN2O2. The SMILES string of the molecule is CCC(c1ccc(F)cc1)N1CCN(C(C)C(=O)O)CC1. The summed E-state index contributed by atoms with van der Waals surface area (Å²) in [6.07, 6.45) is 0.958. The van der Waals surface area contributed by atoms with E-state index in [1.807, 2.05) is 17.0 Å². The summed E-state index contributed by atoms with van der Waals surface area (Å²) in [4.78, 5) is 15.4. The van der Waals surface area contributed by atoms with Gasteiger partial charge in [-0.15, -0.1) is 0 Å². The number of carboxylic acid groups (broad SMARTS) is 1. The van der Waals surface area contributed by atoms with Crippen molar-refractivity contribution < 1.29 is 14.3 Å². The summed E-state index contributed by atoms with van der Waals surface area (Å²) in [6, 6.07) is 6.53. The second-order valence-electron chi connectivity index (χ2n) is 5.56. The second-order valence-corrected chi connectivity index (χ2v) is 5.56. The number of carboxylic acids is 1. The Balaban J connectivity index is 1.99. The van der Waals surface area contributed by atoms with Crippen molar-refractivity contribution >= 4 is 5.97 Å². The average molecular weight is 294 g/mol. The van der Waals surface area contributed by atoms with E-state index < -0.39 is 12.0 Å². The third-order valence-corrected chi connectivity index (χ3v) is 4.34. The molecule has 1 aromatic carbocycles. The largest absolute Gasteiger partial charge is 0.480 e. The van der Waals surface area contributed by atoms with Gasteiger partial charge in [0.1, 0.15) is 11.9 Å². The lowest BCUT2D eigenvalue weighted by Gasteiger charge is -2.40.